The molecule has 0 aromatic heterocycles. The molecule has 0 atom stereocenters. The van der Waals surface area contributed by atoms with Gasteiger partial charge < -0.3 is 5.11 Å². The second-order valence-electron chi connectivity index (χ2n) is 6.09. The van der Waals surface area contributed by atoms with Crippen molar-refractivity contribution in [1.82, 2.24) is 0 Å². The van der Waals surface area contributed by atoms with Crippen molar-refractivity contribution in [2.45, 2.75) is 31.6 Å². The van der Waals surface area contributed by atoms with E-state index in [0.29, 0.717) is 11.3 Å². The molecular weight excluding hydrogens is 372 g/mol. The summed E-state index contributed by atoms with van der Waals surface area (Å²) in [5.41, 5.74) is 1.33. The van der Waals surface area contributed by atoms with Crippen LogP contribution in [-0.2, 0) is 14.8 Å². The molecule has 0 aliphatic heterocycles. The number of rotatable bonds is 8. The summed E-state index contributed by atoms with van der Waals surface area (Å²) in [4.78, 5) is 21.0. The molecule has 1 N–H and O–H groups in total. The summed E-state index contributed by atoms with van der Waals surface area (Å²) in [6, 6.07) is 10.4. The van der Waals surface area contributed by atoms with Crippen LogP contribution in [0.1, 0.15) is 24.0 Å². The van der Waals surface area contributed by atoms with E-state index in [4.69, 9.17) is 5.11 Å². The molecule has 27 heavy (non-hydrogen) atoms. The lowest BCUT2D eigenvalue weighted by Crippen LogP contribution is -2.33. The van der Waals surface area contributed by atoms with Gasteiger partial charge in [-0.3, -0.25) is 19.2 Å². The number of nitro benzene ring substituents is 1. The zero-order valence-electron chi connectivity index (χ0n) is 15.0. The van der Waals surface area contributed by atoms with Gasteiger partial charge in [0, 0.05) is 19.0 Å². The van der Waals surface area contributed by atoms with E-state index in [1.165, 1.54) is 18.2 Å². The van der Waals surface area contributed by atoms with Crippen molar-refractivity contribution in [3.8, 4) is 0 Å². The molecule has 8 nitrogen and oxygen atoms in total. The maximum absolute atomic E-state index is 13.3. The molecule has 2 aromatic carbocycles. The minimum absolute atomic E-state index is 0.0720. The summed E-state index contributed by atoms with van der Waals surface area (Å²) in [5, 5.41) is 20.2. The van der Waals surface area contributed by atoms with Gasteiger partial charge in [-0.15, -0.1) is 0 Å². The number of nitrogens with zero attached hydrogens (tertiary/aromatic N) is 2. The lowest BCUT2D eigenvalue weighted by molar-refractivity contribution is -0.387. The molecule has 0 fully saturated rings. The highest BCUT2D eigenvalue weighted by atomic mass is 32.2. The first-order valence-corrected chi connectivity index (χ1v) is 9.64. The predicted molar refractivity (Wildman–Crippen MR) is 100 cm³/mol. The van der Waals surface area contributed by atoms with E-state index in [1.807, 2.05) is 6.07 Å². The fraction of sp³-hybridized carbons (Fsp3) is 0.278. The SMILES string of the molecule is Cc1ccc(C)c(N(CCCC(=O)O)S(=O)(=O)c2ccccc2[N+](=O)[O-])c1. The minimum atomic E-state index is -4.27. The lowest BCUT2D eigenvalue weighted by Gasteiger charge is -2.26. The Bertz CT molecular complexity index is 972. The highest BCUT2D eigenvalue weighted by molar-refractivity contribution is 7.93. The molecule has 0 unspecified atom stereocenters. The number of carboxylic acid groups (broad SMARTS) is 1. The monoisotopic (exact) mass is 392 g/mol. The van der Waals surface area contributed by atoms with Gasteiger partial charge in [0.25, 0.3) is 15.7 Å². The van der Waals surface area contributed by atoms with Crippen molar-refractivity contribution in [3.05, 3.63) is 63.7 Å². The van der Waals surface area contributed by atoms with E-state index < -0.39 is 31.5 Å². The van der Waals surface area contributed by atoms with Gasteiger partial charge in [0.1, 0.15) is 0 Å². The molecule has 0 spiro atoms. The largest absolute Gasteiger partial charge is 0.481 e. The van der Waals surface area contributed by atoms with Crippen LogP contribution in [0, 0.1) is 24.0 Å². The number of para-hydroxylation sites is 1. The smallest absolute Gasteiger partial charge is 0.303 e. The molecule has 2 rings (SSSR count). The van der Waals surface area contributed by atoms with E-state index in [2.05, 4.69) is 0 Å². The fourth-order valence-corrected chi connectivity index (χ4v) is 4.40. The van der Waals surface area contributed by atoms with Crippen molar-refractivity contribution >= 4 is 27.4 Å². The Morgan fingerprint density at radius 3 is 2.48 bits per heavy atom. The third kappa shape index (κ3) is 4.62. The van der Waals surface area contributed by atoms with Crippen LogP contribution in [0.2, 0.25) is 0 Å². The number of carbonyl (C=O) groups is 1. The number of carboxylic acids is 1. The maximum atomic E-state index is 13.3. The number of hydrogen-bond donors (Lipinski definition) is 1. The summed E-state index contributed by atoms with van der Waals surface area (Å²) in [5.74, 6) is -1.04. The van der Waals surface area contributed by atoms with Crippen LogP contribution < -0.4 is 4.31 Å². The molecule has 9 heteroatoms. The van der Waals surface area contributed by atoms with E-state index in [1.54, 1.807) is 26.0 Å². The number of anilines is 1. The molecule has 0 saturated carbocycles. The van der Waals surface area contributed by atoms with Gasteiger partial charge in [-0.2, -0.15) is 0 Å². The van der Waals surface area contributed by atoms with Gasteiger partial charge in [-0.25, -0.2) is 8.42 Å². The normalized spacial score (nSPS) is 11.2. The zero-order chi connectivity index (χ0) is 20.2. The highest BCUT2D eigenvalue weighted by Gasteiger charge is 2.32. The quantitative estimate of drug-likeness (QED) is 0.544. The Morgan fingerprint density at radius 2 is 1.85 bits per heavy atom. The van der Waals surface area contributed by atoms with Crippen molar-refractivity contribution < 1.29 is 23.2 Å². The molecule has 0 saturated heterocycles. The molecule has 0 aliphatic rings. The third-order valence-corrected chi connectivity index (χ3v) is 5.88. The molecule has 0 heterocycles. The van der Waals surface area contributed by atoms with Crippen LogP contribution >= 0.6 is 0 Å². The van der Waals surface area contributed by atoms with Gasteiger partial charge in [0.15, 0.2) is 4.90 Å². The summed E-state index contributed by atoms with van der Waals surface area (Å²) >= 11 is 0. The average Bonchev–Trinajstić information content (AvgIpc) is 2.60. The molecular formula is C18H20N2O6S. The highest BCUT2D eigenvalue weighted by Crippen LogP contribution is 2.32. The Hall–Kier alpha value is -2.94. The number of hydrogen-bond acceptors (Lipinski definition) is 5. The maximum Gasteiger partial charge on any atom is 0.303 e. The number of benzene rings is 2. The Balaban J connectivity index is 2.60. The topological polar surface area (TPSA) is 118 Å². The summed E-state index contributed by atoms with van der Waals surface area (Å²) in [7, 11) is -4.27. The van der Waals surface area contributed by atoms with Gasteiger partial charge in [0.05, 0.1) is 10.6 Å². The van der Waals surface area contributed by atoms with E-state index >= 15 is 0 Å². The van der Waals surface area contributed by atoms with Crippen LogP contribution in [0.15, 0.2) is 47.4 Å². The molecule has 0 bridgehead atoms. The number of aliphatic carboxylic acids is 1. The van der Waals surface area contributed by atoms with Crippen molar-refractivity contribution in [1.29, 1.82) is 0 Å². The number of aryl methyl sites for hydroxylation is 2. The Labute approximate surface area is 157 Å². The van der Waals surface area contributed by atoms with Gasteiger partial charge in [-0.05, 0) is 43.5 Å². The number of nitro groups is 1. The van der Waals surface area contributed by atoms with Gasteiger partial charge >= 0.3 is 5.97 Å². The second kappa shape index (κ2) is 8.17. The van der Waals surface area contributed by atoms with Crippen molar-refractivity contribution in [2.75, 3.05) is 10.8 Å². The van der Waals surface area contributed by atoms with E-state index in [-0.39, 0.29) is 19.4 Å². The summed E-state index contributed by atoms with van der Waals surface area (Å²) < 4.78 is 27.6. The van der Waals surface area contributed by atoms with Crippen LogP contribution in [0.3, 0.4) is 0 Å². The Morgan fingerprint density at radius 1 is 1.19 bits per heavy atom. The third-order valence-electron chi connectivity index (χ3n) is 4.02. The summed E-state index contributed by atoms with van der Waals surface area (Å²) in [6.07, 6.45) is -0.143. The van der Waals surface area contributed by atoms with Crippen LogP contribution in [-0.4, -0.2) is 31.0 Å². The van der Waals surface area contributed by atoms with Crippen LogP contribution in [0.4, 0.5) is 11.4 Å². The van der Waals surface area contributed by atoms with Crippen molar-refractivity contribution in [2.24, 2.45) is 0 Å². The first-order chi connectivity index (χ1) is 12.6. The average molecular weight is 392 g/mol. The van der Waals surface area contributed by atoms with Crippen molar-refractivity contribution in [3.63, 3.8) is 0 Å². The van der Waals surface area contributed by atoms with Gasteiger partial charge in [-0.1, -0.05) is 24.3 Å². The standard InChI is InChI=1S/C18H20N2O6S/c1-13-9-10-14(2)16(12-13)19(11-5-8-18(21)22)27(25,26)17-7-4-3-6-15(17)20(23)24/h3-4,6-7,9-10,12H,5,8,11H2,1-2H3,(H,21,22). The molecule has 0 radical (unpaired) electrons. The molecule has 2 aromatic rings. The second-order valence-corrected chi connectivity index (χ2v) is 7.92. The van der Waals surface area contributed by atoms with Gasteiger partial charge in [0.2, 0.25) is 0 Å². The summed E-state index contributed by atoms with van der Waals surface area (Å²) in [6.45, 7) is 3.43. The minimum Gasteiger partial charge on any atom is -0.481 e. The zero-order valence-corrected chi connectivity index (χ0v) is 15.8. The first kappa shape index (κ1) is 20.4. The van der Waals surface area contributed by atoms with Crippen LogP contribution in [0.25, 0.3) is 0 Å². The molecule has 0 aliphatic carbocycles. The van der Waals surface area contributed by atoms with Crippen LogP contribution in [0.5, 0.6) is 0 Å². The molecule has 0 amide bonds. The predicted octanol–water partition coefficient (Wildman–Crippen LogP) is 3.27. The van der Waals surface area contributed by atoms with E-state index in [9.17, 15) is 23.3 Å². The fourth-order valence-electron chi connectivity index (χ4n) is 2.68. The lowest BCUT2D eigenvalue weighted by atomic mass is 10.1. The van der Waals surface area contributed by atoms with E-state index in [0.717, 1.165) is 15.9 Å². The Kier molecular flexibility index (Phi) is 6.17. The molecule has 144 valence electrons. The first-order valence-electron chi connectivity index (χ1n) is 8.20. The number of sulfonamides is 1.